The van der Waals surface area contributed by atoms with E-state index in [4.69, 9.17) is 0 Å². The Bertz CT molecular complexity index is 450. The average Bonchev–Trinajstić information content (AvgIpc) is 2.27. The molecule has 0 atom stereocenters. The minimum Gasteiger partial charge on any atom is -0.465 e. The van der Waals surface area contributed by atoms with E-state index in [1.807, 2.05) is 6.92 Å². The van der Waals surface area contributed by atoms with Crippen LogP contribution in [0.5, 0.6) is 0 Å². The van der Waals surface area contributed by atoms with Gasteiger partial charge in [0.1, 0.15) is 0 Å². The number of benzene rings is 1. The number of ether oxygens (including phenoxy) is 1. The van der Waals surface area contributed by atoms with E-state index in [2.05, 4.69) is 16.6 Å². The van der Waals surface area contributed by atoms with Gasteiger partial charge < -0.3 is 4.74 Å². The Kier molecular flexibility index (Phi) is 3.64. The van der Waals surface area contributed by atoms with Crippen LogP contribution in [0.15, 0.2) is 18.2 Å². The first-order valence-electron chi connectivity index (χ1n) is 4.33. The van der Waals surface area contributed by atoms with Gasteiger partial charge in [0.2, 0.25) is 0 Å². The van der Waals surface area contributed by atoms with Gasteiger partial charge in [-0.1, -0.05) is 12.0 Å². The Balaban J connectivity index is 3.16. The van der Waals surface area contributed by atoms with Crippen LogP contribution in [-0.4, -0.2) is 19.4 Å². The molecular formula is C12H10O3. The molecule has 0 unspecified atom stereocenters. The third-order valence-electron chi connectivity index (χ3n) is 1.92. The second kappa shape index (κ2) is 4.97. The van der Waals surface area contributed by atoms with Crippen LogP contribution in [0.4, 0.5) is 0 Å². The van der Waals surface area contributed by atoms with E-state index >= 15 is 0 Å². The highest BCUT2D eigenvalue weighted by Crippen LogP contribution is 2.10. The van der Waals surface area contributed by atoms with Gasteiger partial charge in [0.25, 0.3) is 0 Å². The van der Waals surface area contributed by atoms with Crippen LogP contribution < -0.4 is 0 Å². The molecule has 0 aliphatic carbocycles. The number of esters is 1. The minimum absolute atomic E-state index is 0.413. The highest BCUT2D eigenvalue weighted by atomic mass is 16.5. The van der Waals surface area contributed by atoms with E-state index < -0.39 is 5.97 Å². The Hall–Kier alpha value is -2.08. The van der Waals surface area contributed by atoms with Gasteiger partial charge in [0.15, 0.2) is 6.29 Å². The van der Waals surface area contributed by atoms with Crippen molar-refractivity contribution in [3.8, 4) is 11.8 Å². The van der Waals surface area contributed by atoms with Crippen molar-refractivity contribution < 1.29 is 14.3 Å². The molecule has 1 aromatic rings. The molecule has 0 heterocycles. The molecule has 0 saturated carbocycles. The number of carbonyl (C=O) groups excluding carboxylic acids is 2. The monoisotopic (exact) mass is 202 g/mol. The van der Waals surface area contributed by atoms with Crippen molar-refractivity contribution >= 4 is 12.3 Å². The van der Waals surface area contributed by atoms with Gasteiger partial charge >= 0.3 is 5.97 Å². The molecule has 1 rings (SSSR count). The number of methoxy groups -OCH3 is 1. The number of aldehydes is 1. The van der Waals surface area contributed by atoms with E-state index in [1.165, 1.54) is 7.11 Å². The Morgan fingerprint density at radius 1 is 1.47 bits per heavy atom. The quantitative estimate of drug-likeness (QED) is 0.392. The molecule has 0 fully saturated rings. The normalized spacial score (nSPS) is 8.67. The van der Waals surface area contributed by atoms with E-state index in [0.717, 1.165) is 5.56 Å². The predicted octanol–water partition coefficient (Wildman–Crippen LogP) is 1.33. The molecule has 0 aliphatic rings. The zero-order chi connectivity index (χ0) is 11.3. The van der Waals surface area contributed by atoms with Gasteiger partial charge in [0.05, 0.1) is 12.7 Å². The van der Waals surface area contributed by atoms with Crippen molar-refractivity contribution in [2.75, 3.05) is 7.11 Å². The van der Waals surface area contributed by atoms with Crippen LogP contribution in [0.3, 0.4) is 0 Å². The summed E-state index contributed by atoms with van der Waals surface area (Å²) in [6.45, 7) is 1.86. The maximum atomic E-state index is 11.2. The molecule has 0 radical (unpaired) electrons. The molecule has 0 saturated heterocycles. The van der Waals surface area contributed by atoms with Gasteiger partial charge in [-0.25, -0.2) is 4.79 Å². The van der Waals surface area contributed by atoms with Crippen molar-refractivity contribution in [3.63, 3.8) is 0 Å². The molecule has 0 bridgehead atoms. The smallest absolute Gasteiger partial charge is 0.337 e. The zero-order valence-electron chi connectivity index (χ0n) is 8.53. The summed E-state index contributed by atoms with van der Waals surface area (Å²) < 4.78 is 4.58. The van der Waals surface area contributed by atoms with E-state index in [1.54, 1.807) is 18.2 Å². The maximum absolute atomic E-state index is 11.2. The SMILES string of the molecule is COC(=O)c1ccc(C)c(C#CC=O)c1. The topological polar surface area (TPSA) is 43.4 Å². The summed E-state index contributed by atoms with van der Waals surface area (Å²) >= 11 is 0. The van der Waals surface area contributed by atoms with Crippen molar-refractivity contribution in [2.24, 2.45) is 0 Å². The highest BCUT2D eigenvalue weighted by molar-refractivity contribution is 5.90. The summed E-state index contributed by atoms with van der Waals surface area (Å²) in [6.07, 6.45) is 0.518. The molecule has 0 aromatic heterocycles. The fourth-order valence-corrected chi connectivity index (χ4v) is 1.11. The molecule has 3 nitrogen and oxygen atoms in total. The number of aryl methyl sites for hydroxylation is 1. The Labute approximate surface area is 88.1 Å². The van der Waals surface area contributed by atoms with Crippen LogP contribution in [0.1, 0.15) is 21.5 Å². The number of hydrogen-bond donors (Lipinski definition) is 0. The minimum atomic E-state index is -0.413. The third kappa shape index (κ3) is 2.68. The molecule has 0 amide bonds. The zero-order valence-corrected chi connectivity index (χ0v) is 8.53. The summed E-state index contributed by atoms with van der Waals surface area (Å²) in [7, 11) is 1.32. The van der Waals surface area contributed by atoms with Crippen molar-refractivity contribution in [1.29, 1.82) is 0 Å². The largest absolute Gasteiger partial charge is 0.465 e. The molecule has 15 heavy (non-hydrogen) atoms. The first kappa shape index (κ1) is 11.0. The number of rotatable bonds is 1. The second-order valence-corrected chi connectivity index (χ2v) is 2.91. The lowest BCUT2D eigenvalue weighted by Crippen LogP contribution is -2.01. The highest BCUT2D eigenvalue weighted by Gasteiger charge is 2.06. The molecule has 1 aromatic carbocycles. The second-order valence-electron chi connectivity index (χ2n) is 2.91. The maximum Gasteiger partial charge on any atom is 0.337 e. The average molecular weight is 202 g/mol. The first-order valence-corrected chi connectivity index (χ1v) is 4.33. The van der Waals surface area contributed by atoms with Gasteiger partial charge in [-0.2, -0.15) is 0 Å². The number of hydrogen-bond acceptors (Lipinski definition) is 3. The van der Waals surface area contributed by atoms with Crippen molar-refractivity contribution in [3.05, 3.63) is 34.9 Å². The fraction of sp³-hybridized carbons (Fsp3) is 0.167. The Morgan fingerprint density at radius 2 is 2.20 bits per heavy atom. The van der Waals surface area contributed by atoms with Gasteiger partial charge in [-0.15, -0.1) is 0 Å². The van der Waals surface area contributed by atoms with Gasteiger partial charge in [-0.3, -0.25) is 4.79 Å². The number of carbonyl (C=O) groups is 2. The van der Waals surface area contributed by atoms with Crippen LogP contribution in [0.2, 0.25) is 0 Å². The Morgan fingerprint density at radius 3 is 2.80 bits per heavy atom. The fourth-order valence-electron chi connectivity index (χ4n) is 1.11. The summed E-state index contributed by atoms with van der Waals surface area (Å²) in [4.78, 5) is 21.3. The van der Waals surface area contributed by atoms with Gasteiger partial charge in [0, 0.05) is 5.56 Å². The van der Waals surface area contributed by atoms with Crippen molar-refractivity contribution in [1.82, 2.24) is 0 Å². The summed E-state index contributed by atoms with van der Waals surface area (Å²) in [5, 5.41) is 0. The van der Waals surface area contributed by atoms with Crippen LogP contribution >= 0.6 is 0 Å². The standard InChI is InChI=1S/C12H10O3/c1-9-5-6-11(12(14)15-2)8-10(9)4-3-7-13/h5-8H,1-2H3. The van der Waals surface area contributed by atoms with Crippen molar-refractivity contribution in [2.45, 2.75) is 6.92 Å². The lowest BCUT2D eigenvalue weighted by Gasteiger charge is -2.02. The van der Waals surface area contributed by atoms with Crippen LogP contribution in [0, 0.1) is 18.8 Å². The molecule has 76 valence electrons. The lowest BCUT2D eigenvalue weighted by molar-refractivity contribution is -0.103. The summed E-state index contributed by atoms with van der Waals surface area (Å²) in [5.74, 6) is 4.55. The third-order valence-corrected chi connectivity index (χ3v) is 1.92. The molecule has 0 aliphatic heterocycles. The molecule has 0 spiro atoms. The summed E-state index contributed by atoms with van der Waals surface area (Å²) in [6, 6.07) is 5.03. The molecular weight excluding hydrogens is 192 g/mol. The van der Waals surface area contributed by atoms with E-state index in [9.17, 15) is 9.59 Å². The molecule has 3 heteroatoms. The summed E-state index contributed by atoms with van der Waals surface area (Å²) in [5.41, 5.74) is 2.00. The molecule has 0 N–H and O–H groups in total. The predicted molar refractivity (Wildman–Crippen MR) is 55.5 cm³/mol. The lowest BCUT2D eigenvalue weighted by atomic mass is 10.1. The van der Waals surface area contributed by atoms with E-state index in [0.29, 0.717) is 17.4 Å². The van der Waals surface area contributed by atoms with Crippen LogP contribution in [-0.2, 0) is 9.53 Å². The first-order chi connectivity index (χ1) is 7.19. The van der Waals surface area contributed by atoms with E-state index in [-0.39, 0.29) is 0 Å². The van der Waals surface area contributed by atoms with Crippen LogP contribution in [0.25, 0.3) is 0 Å². The van der Waals surface area contributed by atoms with Gasteiger partial charge in [-0.05, 0) is 30.5 Å².